The molecular weight excluding hydrogens is 350 g/mol. The number of non-ortho nitro benzene ring substituents is 1. The molecule has 1 aliphatic rings. The maximum Gasteiger partial charge on any atom is 0.270 e. The van der Waals surface area contributed by atoms with Crippen LogP contribution in [0.2, 0.25) is 0 Å². The number of piperidine rings is 1. The smallest absolute Gasteiger partial charge is 0.270 e. The average Bonchev–Trinajstić information content (AvgIpc) is 2.70. The Labute approximate surface area is 155 Å². The lowest BCUT2D eigenvalue weighted by atomic mass is 10.0. The molecule has 1 unspecified atom stereocenters. The highest BCUT2D eigenvalue weighted by Gasteiger charge is 2.34. The van der Waals surface area contributed by atoms with E-state index < -0.39 is 28.2 Å². The number of hydrogen-bond acceptors (Lipinski definition) is 5. The monoisotopic (exact) mass is 369 g/mol. The highest BCUT2D eigenvalue weighted by atomic mass is 16.6. The number of ketones is 1. The second kappa shape index (κ2) is 7.94. The molecule has 8 heteroatoms. The van der Waals surface area contributed by atoms with Gasteiger partial charge in [0.1, 0.15) is 0 Å². The lowest BCUT2D eigenvalue weighted by molar-refractivity contribution is -0.384. The number of carbonyl (C=O) groups excluding carboxylic acids is 2. The molecule has 1 aromatic heterocycles. The zero-order valence-electron chi connectivity index (χ0n) is 14.6. The summed E-state index contributed by atoms with van der Waals surface area (Å²) in [7, 11) is 0. The summed E-state index contributed by atoms with van der Waals surface area (Å²) >= 11 is 0. The van der Waals surface area contributed by atoms with E-state index in [0.717, 1.165) is 29.9 Å². The molecule has 1 atom stereocenters. The van der Waals surface area contributed by atoms with Crippen molar-refractivity contribution in [3.63, 3.8) is 0 Å². The van der Waals surface area contributed by atoms with Gasteiger partial charge in [-0.15, -0.1) is 0 Å². The van der Waals surface area contributed by atoms with E-state index in [4.69, 9.17) is 0 Å². The summed E-state index contributed by atoms with van der Waals surface area (Å²) in [6.07, 6.45) is 4.09. The minimum atomic E-state index is -1.38. The standard InChI is InChI=1S/C19H19N3O5/c23-16-9-2-5-12-21(16)17(19(25)20-10-3-1-4-11-20)18(24)14-7-6-8-15(13-14)22(26)27/h2,5-9,12-13,17H,1,3-4,10-11H2. The van der Waals surface area contributed by atoms with Crippen LogP contribution in [-0.4, -0.2) is 39.2 Å². The molecule has 0 bridgehead atoms. The summed E-state index contributed by atoms with van der Waals surface area (Å²) in [6.45, 7) is 1.05. The number of benzene rings is 1. The Bertz CT molecular complexity index is 931. The van der Waals surface area contributed by atoms with Crippen molar-refractivity contribution in [3.05, 3.63) is 74.7 Å². The van der Waals surface area contributed by atoms with Crippen molar-refractivity contribution in [1.29, 1.82) is 0 Å². The van der Waals surface area contributed by atoms with Gasteiger partial charge in [0.25, 0.3) is 17.2 Å². The van der Waals surface area contributed by atoms with E-state index in [1.807, 2.05) is 0 Å². The molecule has 8 nitrogen and oxygen atoms in total. The lowest BCUT2D eigenvalue weighted by Gasteiger charge is -2.30. The Morgan fingerprint density at radius 1 is 1.04 bits per heavy atom. The molecule has 0 aliphatic carbocycles. The van der Waals surface area contributed by atoms with Crippen LogP contribution in [-0.2, 0) is 4.79 Å². The summed E-state index contributed by atoms with van der Waals surface area (Å²) in [5, 5.41) is 11.0. The number of nitro benzene ring substituents is 1. The van der Waals surface area contributed by atoms with Crippen molar-refractivity contribution in [2.75, 3.05) is 13.1 Å². The van der Waals surface area contributed by atoms with Gasteiger partial charge in [-0.3, -0.25) is 29.1 Å². The molecule has 1 fully saturated rings. The summed E-state index contributed by atoms with van der Waals surface area (Å²) in [6, 6.07) is 8.20. The van der Waals surface area contributed by atoms with Gasteiger partial charge in [-0.25, -0.2) is 0 Å². The Morgan fingerprint density at radius 3 is 2.44 bits per heavy atom. The number of rotatable bonds is 5. The summed E-state index contributed by atoms with van der Waals surface area (Å²) in [5.74, 6) is -1.10. The van der Waals surface area contributed by atoms with Crippen molar-refractivity contribution in [2.24, 2.45) is 0 Å². The van der Waals surface area contributed by atoms with Gasteiger partial charge in [0.2, 0.25) is 0 Å². The molecule has 2 aromatic rings. The van der Waals surface area contributed by atoms with Crippen LogP contribution in [0.3, 0.4) is 0 Å². The number of Topliss-reactive ketones (excluding diaryl/α,β-unsaturated/α-hetero) is 1. The van der Waals surface area contributed by atoms with Crippen LogP contribution in [0.5, 0.6) is 0 Å². The number of aromatic nitrogens is 1. The molecule has 1 aliphatic heterocycles. The topological polar surface area (TPSA) is 103 Å². The SMILES string of the molecule is O=C(c1cccc([N+](=O)[O-])c1)C(C(=O)N1CCCCC1)n1ccccc1=O. The largest absolute Gasteiger partial charge is 0.340 e. The van der Waals surface area contributed by atoms with Gasteiger partial charge in [0, 0.05) is 43.0 Å². The Hall–Kier alpha value is -3.29. The van der Waals surface area contributed by atoms with E-state index in [1.165, 1.54) is 36.5 Å². The first kappa shape index (κ1) is 18.5. The fourth-order valence-electron chi connectivity index (χ4n) is 3.23. The van der Waals surface area contributed by atoms with Gasteiger partial charge in [-0.1, -0.05) is 18.2 Å². The summed E-state index contributed by atoms with van der Waals surface area (Å²) in [5.41, 5.74) is -0.701. The fourth-order valence-corrected chi connectivity index (χ4v) is 3.23. The Kier molecular flexibility index (Phi) is 5.44. The normalized spacial score (nSPS) is 15.2. The van der Waals surface area contributed by atoms with E-state index in [0.29, 0.717) is 13.1 Å². The number of nitrogens with zero attached hydrogens (tertiary/aromatic N) is 3. The van der Waals surface area contributed by atoms with Gasteiger partial charge in [0.15, 0.2) is 11.8 Å². The lowest BCUT2D eigenvalue weighted by Crippen LogP contribution is -2.45. The molecule has 27 heavy (non-hydrogen) atoms. The zero-order valence-corrected chi connectivity index (χ0v) is 14.6. The van der Waals surface area contributed by atoms with Crippen LogP contribution in [0.15, 0.2) is 53.5 Å². The number of pyridine rings is 1. The van der Waals surface area contributed by atoms with Crippen LogP contribution in [0.4, 0.5) is 5.69 Å². The van der Waals surface area contributed by atoms with E-state index in [-0.39, 0.29) is 11.3 Å². The highest BCUT2D eigenvalue weighted by molar-refractivity contribution is 6.12. The fraction of sp³-hybridized carbons (Fsp3) is 0.316. The Balaban J connectivity index is 2.04. The third kappa shape index (κ3) is 3.94. The third-order valence-electron chi connectivity index (χ3n) is 4.62. The van der Waals surface area contributed by atoms with Crippen molar-refractivity contribution in [3.8, 4) is 0 Å². The molecule has 2 heterocycles. The van der Waals surface area contributed by atoms with E-state index >= 15 is 0 Å². The van der Waals surface area contributed by atoms with Crippen LogP contribution >= 0.6 is 0 Å². The molecule has 0 spiro atoms. The predicted octanol–water partition coefficient (Wildman–Crippen LogP) is 2.19. The molecule has 0 radical (unpaired) electrons. The van der Waals surface area contributed by atoms with Gasteiger partial charge in [-0.2, -0.15) is 0 Å². The van der Waals surface area contributed by atoms with E-state index in [9.17, 15) is 24.5 Å². The number of likely N-dealkylation sites (tertiary alicyclic amines) is 1. The first-order valence-electron chi connectivity index (χ1n) is 8.73. The van der Waals surface area contributed by atoms with E-state index in [2.05, 4.69) is 0 Å². The highest BCUT2D eigenvalue weighted by Crippen LogP contribution is 2.22. The van der Waals surface area contributed by atoms with Gasteiger partial charge in [-0.05, 0) is 25.3 Å². The first-order valence-corrected chi connectivity index (χ1v) is 8.73. The zero-order chi connectivity index (χ0) is 19.4. The molecule has 0 N–H and O–H groups in total. The molecule has 1 aromatic carbocycles. The van der Waals surface area contributed by atoms with Crippen molar-refractivity contribution < 1.29 is 14.5 Å². The number of amides is 1. The minimum absolute atomic E-state index is 0.0234. The quantitative estimate of drug-likeness (QED) is 0.348. The van der Waals surface area contributed by atoms with Gasteiger partial charge in [0.05, 0.1) is 4.92 Å². The van der Waals surface area contributed by atoms with Crippen molar-refractivity contribution >= 4 is 17.4 Å². The molecule has 1 amide bonds. The maximum absolute atomic E-state index is 13.1. The number of nitro groups is 1. The van der Waals surface area contributed by atoms with Gasteiger partial charge < -0.3 is 4.90 Å². The summed E-state index contributed by atoms with van der Waals surface area (Å²) in [4.78, 5) is 50.5. The van der Waals surface area contributed by atoms with E-state index in [1.54, 1.807) is 11.0 Å². The maximum atomic E-state index is 13.1. The minimum Gasteiger partial charge on any atom is -0.340 e. The number of carbonyl (C=O) groups is 2. The molecular formula is C19H19N3O5. The van der Waals surface area contributed by atoms with Crippen LogP contribution in [0.25, 0.3) is 0 Å². The van der Waals surface area contributed by atoms with Crippen LogP contribution in [0, 0.1) is 10.1 Å². The molecule has 3 rings (SSSR count). The molecule has 1 saturated heterocycles. The van der Waals surface area contributed by atoms with Crippen molar-refractivity contribution in [2.45, 2.75) is 25.3 Å². The third-order valence-corrected chi connectivity index (χ3v) is 4.62. The Morgan fingerprint density at radius 2 is 1.78 bits per heavy atom. The second-order valence-corrected chi connectivity index (χ2v) is 6.41. The van der Waals surface area contributed by atoms with Crippen molar-refractivity contribution in [1.82, 2.24) is 9.47 Å². The second-order valence-electron chi connectivity index (χ2n) is 6.41. The predicted molar refractivity (Wildman–Crippen MR) is 97.6 cm³/mol. The van der Waals surface area contributed by atoms with Crippen LogP contribution < -0.4 is 5.56 Å². The van der Waals surface area contributed by atoms with Gasteiger partial charge >= 0.3 is 0 Å². The molecule has 140 valence electrons. The number of hydrogen-bond donors (Lipinski definition) is 0. The summed E-state index contributed by atoms with van der Waals surface area (Å²) < 4.78 is 1.10. The average molecular weight is 369 g/mol. The molecule has 0 saturated carbocycles. The first-order chi connectivity index (χ1) is 13.0. The van der Waals surface area contributed by atoms with Crippen LogP contribution in [0.1, 0.15) is 35.7 Å².